The first-order chi connectivity index (χ1) is 10.1. The van der Waals surface area contributed by atoms with Gasteiger partial charge in [0.15, 0.2) is 0 Å². The van der Waals surface area contributed by atoms with Crippen molar-refractivity contribution in [2.24, 2.45) is 0 Å². The van der Waals surface area contributed by atoms with Crippen LogP contribution in [-0.2, 0) is 0 Å². The van der Waals surface area contributed by atoms with Crippen LogP contribution in [0, 0.1) is 10.1 Å². The lowest BCUT2D eigenvalue weighted by Crippen LogP contribution is -2.28. The molecule has 1 N–H and O–H groups in total. The van der Waals surface area contributed by atoms with Crippen LogP contribution in [0.3, 0.4) is 0 Å². The minimum absolute atomic E-state index is 0.0395. The predicted octanol–water partition coefficient (Wildman–Crippen LogP) is 2.75. The fourth-order valence-corrected chi connectivity index (χ4v) is 2.18. The molecule has 2 unspecified atom stereocenters. The van der Waals surface area contributed by atoms with E-state index in [2.05, 4.69) is 29.3 Å². The highest BCUT2D eigenvalue weighted by Crippen LogP contribution is 2.25. The van der Waals surface area contributed by atoms with Crippen molar-refractivity contribution in [1.82, 2.24) is 15.5 Å². The van der Waals surface area contributed by atoms with Gasteiger partial charge in [-0.25, -0.2) is 0 Å². The normalized spacial score (nSPS) is 13.9. The molecule has 0 aliphatic rings. The Morgan fingerprint density at radius 1 is 1.38 bits per heavy atom. The van der Waals surface area contributed by atoms with E-state index in [-0.39, 0.29) is 17.6 Å². The molecule has 2 rings (SSSR count). The molecule has 0 aliphatic carbocycles. The van der Waals surface area contributed by atoms with E-state index < -0.39 is 4.92 Å². The molecule has 0 saturated carbocycles. The molecule has 0 radical (unpaired) electrons. The fraction of sp³-hybridized carbons (Fsp3) is 0.429. The number of rotatable bonds is 6. The predicted molar refractivity (Wildman–Crippen MR) is 77.9 cm³/mol. The Morgan fingerprint density at radius 2 is 2.05 bits per heavy atom. The first-order valence-corrected chi connectivity index (χ1v) is 6.82. The van der Waals surface area contributed by atoms with Crippen LogP contribution >= 0.6 is 0 Å². The molecule has 0 saturated heterocycles. The fourth-order valence-electron chi connectivity index (χ4n) is 2.18. The van der Waals surface area contributed by atoms with Crippen molar-refractivity contribution in [3.8, 4) is 11.4 Å². The maximum absolute atomic E-state index is 10.6. The monoisotopic (exact) mass is 290 g/mol. The molecule has 2 atom stereocenters. The summed E-state index contributed by atoms with van der Waals surface area (Å²) < 4.78 is 5.34. The zero-order valence-electron chi connectivity index (χ0n) is 12.2. The SMILES string of the molecule is CCC(c1nc(-c2ccc([N+](=O)[O-])cc2)no1)C(C)NC. The summed E-state index contributed by atoms with van der Waals surface area (Å²) in [6.07, 6.45) is 0.879. The second kappa shape index (κ2) is 6.45. The van der Waals surface area contributed by atoms with E-state index in [4.69, 9.17) is 4.52 Å². The van der Waals surface area contributed by atoms with Crippen LogP contribution in [0.25, 0.3) is 11.4 Å². The molecule has 0 fully saturated rings. The lowest BCUT2D eigenvalue weighted by Gasteiger charge is -2.17. The van der Waals surface area contributed by atoms with E-state index in [1.165, 1.54) is 12.1 Å². The Morgan fingerprint density at radius 3 is 2.57 bits per heavy atom. The van der Waals surface area contributed by atoms with Gasteiger partial charge in [0.05, 0.1) is 10.8 Å². The standard InChI is InChI=1S/C14H18N4O3/c1-4-12(9(2)15-3)14-16-13(17-21-14)10-5-7-11(8-6-10)18(19)20/h5-9,12,15H,4H2,1-3H3. The number of hydrogen-bond acceptors (Lipinski definition) is 6. The average Bonchev–Trinajstić information content (AvgIpc) is 2.97. The third-order valence-electron chi connectivity index (χ3n) is 3.59. The van der Waals surface area contributed by atoms with Gasteiger partial charge in [0.25, 0.3) is 5.69 Å². The Balaban J connectivity index is 2.24. The maximum Gasteiger partial charge on any atom is 0.269 e. The number of non-ortho nitro benzene ring substituents is 1. The van der Waals surface area contributed by atoms with E-state index in [0.29, 0.717) is 17.3 Å². The van der Waals surface area contributed by atoms with Crippen molar-refractivity contribution in [2.75, 3.05) is 7.05 Å². The van der Waals surface area contributed by atoms with Gasteiger partial charge in [0.1, 0.15) is 0 Å². The lowest BCUT2D eigenvalue weighted by atomic mass is 9.98. The highest BCUT2D eigenvalue weighted by atomic mass is 16.6. The van der Waals surface area contributed by atoms with Crippen molar-refractivity contribution in [1.29, 1.82) is 0 Å². The quantitative estimate of drug-likeness (QED) is 0.649. The molecule has 7 heteroatoms. The van der Waals surface area contributed by atoms with Gasteiger partial charge in [-0.15, -0.1) is 0 Å². The molecule has 0 bridgehead atoms. The molecule has 2 aromatic rings. The largest absolute Gasteiger partial charge is 0.339 e. The number of nitro groups is 1. The topological polar surface area (TPSA) is 94.1 Å². The molecular weight excluding hydrogens is 272 g/mol. The van der Waals surface area contributed by atoms with Crippen molar-refractivity contribution in [2.45, 2.75) is 32.2 Å². The number of nitrogens with one attached hydrogen (secondary N) is 1. The van der Waals surface area contributed by atoms with Crippen LogP contribution in [0.15, 0.2) is 28.8 Å². The second-order valence-corrected chi connectivity index (χ2v) is 4.85. The summed E-state index contributed by atoms with van der Waals surface area (Å²) in [6.45, 7) is 4.12. The van der Waals surface area contributed by atoms with E-state index in [0.717, 1.165) is 6.42 Å². The molecule has 21 heavy (non-hydrogen) atoms. The molecule has 0 aliphatic heterocycles. The maximum atomic E-state index is 10.6. The van der Waals surface area contributed by atoms with Gasteiger partial charge in [-0.2, -0.15) is 4.98 Å². The average molecular weight is 290 g/mol. The highest BCUT2D eigenvalue weighted by molar-refractivity contribution is 5.56. The second-order valence-electron chi connectivity index (χ2n) is 4.85. The number of aromatic nitrogens is 2. The third-order valence-corrected chi connectivity index (χ3v) is 3.59. The van der Waals surface area contributed by atoms with Gasteiger partial charge in [-0.3, -0.25) is 10.1 Å². The summed E-state index contributed by atoms with van der Waals surface area (Å²) >= 11 is 0. The van der Waals surface area contributed by atoms with Crippen LogP contribution in [0.4, 0.5) is 5.69 Å². The number of hydrogen-bond donors (Lipinski definition) is 1. The van der Waals surface area contributed by atoms with Gasteiger partial charge in [0.2, 0.25) is 11.7 Å². The summed E-state index contributed by atoms with van der Waals surface area (Å²) in [5, 5.41) is 17.8. The van der Waals surface area contributed by atoms with Gasteiger partial charge in [-0.05, 0) is 32.5 Å². The zero-order chi connectivity index (χ0) is 15.4. The Bertz CT molecular complexity index is 609. The summed E-state index contributed by atoms with van der Waals surface area (Å²) in [4.78, 5) is 14.6. The summed E-state index contributed by atoms with van der Waals surface area (Å²) in [6, 6.07) is 6.32. The smallest absolute Gasteiger partial charge is 0.269 e. The molecule has 0 amide bonds. The zero-order valence-corrected chi connectivity index (χ0v) is 12.2. The van der Waals surface area contributed by atoms with Crippen molar-refractivity contribution in [3.63, 3.8) is 0 Å². The van der Waals surface area contributed by atoms with Crippen LogP contribution in [-0.4, -0.2) is 28.2 Å². The minimum atomic E-state index is -0.437. The Labute approximate surface area is 122 Å². The molecule has 112 valence electrons. The van der Waals surface area contributed by atoms with E-state index in [9.17, 15) is 10.1 Å². The first kappa shape index (κ1) is 15.1. The minimum Gasteiger partial charge on any atom is -0.339 e. The molecule has 0 spiro atoms. The molecule has 1 aromatic heterocycles. The Hall–Kier alpha value is -2.28. The van der Waals surface area contributed by atoms with Gasteiger partial charge in [-0.1, -0.05) is 12.1 Å². The molecular formula is C14H18N4O3. The Kier molecular flexibility index (Phi) is 4.64. The molecule has 1 heterocycles. The summed E-state index contributed by atoms with van der Waals surface area (Å²) in [5.74, 6) is 1.16. The number of benzene rings is 1. The van der Waals surface area contributed by atoms with Crippen molar-refractivity contribution >= 4 is 5.69 Å². The van der Waals surface area contributed by atoms with Crippen LogP contribution in [0.1, 0.15) is 32.1 Å². The van der Waals surface area contributed by atoms with E-state index in [1.807, 2.05) is 7.05 Å². The van der Waals surface area contributed by atoms with Crippen LogP contribution in [0.2, 0.25) is 0 Å². The van der Waals surface area contributed by atoms with Gasteiger partial charge >= 0.3 is 0 Å². The summed E-state index contributed by atoms with van der Waals surface area (Å²) in [7, 11) is 1.89. The van der Waals surface area contributed by atoms with Crippen molar-refractivity contribution in [3.05, 3.63) is 40.3 Å². The highest BCUT2D eigenvalue weighted by Gasteiger charge is 2.23. The first-order valence-electron chi connectivity index (χ1n) is 6.82. The van der Waals surface area contributed by atoms with E-state index in [1.54, 1.807) is 12.1 Å². The van der Waals surface area contributed by atoms with Gasteiger partial charge in [0, 0.05) is 23.7 Å². The number of nitro benzene ring substituents is 1. The number of nitrogens with zero attached hydrogens (tertiary/aromatic N) is 3. The van der Waals surface area contributed by atoms with E-state index >= 15 is 0 Å². The van der Waals surface area contributed by atoms with Crippen LogP contribution in [0.5, 0.6) is 0 Å². The number of likely N-dealkylation sites (N-methyl/N-ethyl adjacent to an activating group) is 1. The van der Waals surface area contributed by atoms with Crippen molar-refractivity contribution < 1.29 is 9.45 Å². The van der Waals surface area contributed by atoms with Crippen LogP contribution < -0.4 is 5.32 Å². The molecule has 7 nitrogen and oxygen atoms in total. The lowest BCUT2D eigenvalue weighted by molar-refractivity contribution is -0.384. The third kappa shape index (κ3) is 3.25. The molecule has 1 aromatic carbocycles. The van der Waals surface area contributed by atoms with Gasteiger partial charge < -0.3 is 9.84 Å². The summed E-state index contributed by atoms with van der Waals surface area (Å²) in [5.41, 5.74) is 0.736.